The first kappa shape index (κ1) is 12.5. The fourth-order valence-corrected chi connectivity index (χ4v) is 2.26. The minimum absolute atomic E-state index is 0.0109. The molecule has 0 saturated heterocycles. The lowest BCUT2D eigenvalue weighted by Crippen LogP contribution is -2.44. The highest BCUT2D eigenvalue weighted by Crippen LogP contribution is 2.32. The topological polar surface area (TPSA) is 29.5 Å². The third-order valence-corrected chi connectivity index (χ3v) is 3.37. The number of benzene rings is 1. The van der Waals surface area contributed by atoms with Crippen molar-refractivity contribution in [3.8, 4) is 0 Å². The minimum Gasteiger partial charge on any atom is -0.390 e. The SMILES string of the molecule is O[C@H]1CCCC[C@@]1(F)COCc1ccccc1. The molecule has 0 unspecified atom stereocenters. The Labute approximate surface area is 101 Å². The molecule has 1 aliphatic rings. The Hall–Kier alpha value is -0.930. The van der Waals surface area contributed by atoms with E-state index in [9.17, 15) is 9.50 Å². The number of ether oxygens (including phenoxy) is 1. The summed E-state index contributed by atoms with van der Waals surface area (Å²) in [5.41, 5.74) is -0.520. The summed E-state index contributed by atoms with van der Waals surface area (Å²) in [4.78, 5) is 0. The lowest BCUT2D eigenvalue weighted by atomic mass is 9.84. The van der Waals surface area contributed by atoms with E-state index in [-0.39, 0.29) is 6.61 Å². The second kappa shape index (κ2) is 5.61. The van der Waals surface area contributed by atoms with Gasteiger partial charge in [0.1, 0.15) is 0 Å². The molecule has 2 rings (SSSR count). The lowest BCUT2D eigenvalue weighted by Gasteiger charge is -2.34. The van der Waals surface area contributed by atoms with Crippen molar-refractivity contribution in [1.82, 2.24) is 0 Å². The zero-order valence-electron chi connectivity index (χ0n) is 9.94. The van der Waals surface area contributed by atoms with E-state index in [1.807, 2.05) is 30.3 Å². The molecule has 1 aliphatic carbocycles. The molecule has 0 spiro atoms. The van der Waals surface area contributed by atoms with Crippen molar-refractivity contribution >= 4 is 0 Å². The van der Waals surface area contributed by atoms with Crippen LogP contribution in [0.15, 0.2) is 30.3 Å². The number of aliphatic hydroxyl groups is 1. The van der Waals surface area contributed by atoms with E-state index in [1.165, 1.54) is 0 Å². The zero-order chi connectivity index (χ0) is 12.1. The maximum atomic E-state index is 14.3. The van der Waals surface area contributed by atoms with Gasteiger partial charge < -0.3 is 9.84 Å². The summed E-state index contributed by atoms with van der Waals surface area (Å²) in [6, 6.07) is 9.69. The van der Waals surface area contributed by atoms with E-state index >= 15 is 0 Å². The van der Waals surface area contributed by atoms with E-state index in [2.05, 4.69) is 0 Å². The summed E-state index contributed by atoms with van der Waals surface area (Å²) in [6.07, 6.45) is 1.83. The van der Waals surface area contributed by atoms with Gasteiger partial charge in [-0.25, -0.2) is 4.39 Å². The Kier molecular flexibility index (Phi) is 4.13. The molecule has 17 heavy (non-hydrogen) atoms. The smallest absolute Gasteiger partial charge is 0.159 e. The van der Waals surface area contributed by atoms with Crippen molar-refractivity contribution in [2.75, 3.05) is 6.61 Å². The molecule has 2 atom stereocenters. The van der Waals surface area contributed by atoms with Crippen LogP contribution in [0.1, 0.15) is 31.2 Å². The van der Waals surface area contributed by atoms with Gasteiger partial charge in [-0.05, 0) is 24.8 Å². The Morgan fingerprint density at radius 1 is 1.29 bits per heavy atom. The molecule has 0 heterocycles. The highest BCUT2D eigenvalue weighted by atomic mass is 19.1. The van der Waals surface area contributed by atoms with Crippen LogP contribution >= 0.6 is 0 Å². The van der Waals surface area contributed by atoms with Gasteiger partial charge >= 0.3 is 0 Å². The molecule has 0 amide bonds. The summed E-state index contributed by atoms with van der Waals surface area (Å²) < 4.78 is 19.7. The molecule has 1 aromatic rings. The summed E-state index contributed by atoms with van der Waals surface area (Å²) in [6.45, 7) is 0.391. The molecule has 0 radical (unpaired) electrons. The average molecular weight is 238 g/mol. The van der Waals surface area contributed by atoms with Gasteiger partial charge in [0.05, 0.1) is 19.3 Å². The van der Waals surface area contributed by atoms with Crippen molar-refractivity contribution < 1.29 is 14.2 Å². The van der Waals surface area contributed by atoms with Gasteiger partial charge in [-0.3, -0.25) is 0 Å². The fraction of sp³-hybridized carbons (Fsp3) is 0.571. The number of hydrogen-bond acceptors (Lipinski definition) is 2. The van der Waals surface area contributed by atoms with Crippen LogP contribution in [0.5, 0.6) is 0 Å². The van der Waals surface area contributed by atoms with Gasteiger partial charge in [0, 0.05) is 0 Å². The maximum absolute atomic E-state index is 14.3. The third kappa shape index (κ3) is 3.27. The molecule has 1 N–H and O–H groups in total. The number of rotatable bonds is 4. The van der Waals surface area contributed by atoms with Crippen LogP contribution in [0.4, 0.5) is 4.39 Å². The number of alkyl halides is 1. The maximum Gasteiger partial charge on any atom is 0.159 e. The molecule has 94 valence electrons. The van der Waals surface area contributed by atoms with Crippen LogP contribution in [-0.4, -0.2) is 23.5 Å². The first-order valence-corrected chi connectivity index (χ1v) is 6.19. The predicted octanol–water partition coefficient (Wildman–Crippen LogP) is 2.85. The summed E-state index contributed by atoms with van der Waals surface area (Å²) in [5.74, 6) is 0. The van der Waals surface area contributed by atoms with Gasteiger partial charge in [0.25, 0.3) is 0 Å². The molecule has 1 fully saturated rings. The molecule has 1 aromatic carbocycles. The van der Waals surface area contributed by atoms with Crippen molar-refractivity contribution in [2.45, 2.75) is 44.1 Å². The van der Waals surface area contributed by atoms with Crippen LogP contribution in [-0.2, 0) is 11.3 Å². The van der Waals surface area contributed by atoms with Crippen LogP contribution in [0, 0.1) is 0 Å². The Morgan fingerprint density at radius 2 is 2.06 bits per heavy atom. The summed E-state index contributed by atoms with van der Waals surface area (Å²) >= 11 is 0. The molecule has 0 bridgehead atoms. The van der Waals surface area contributed by atoms with Crippen molar-refractivity contribution in [3.63, 3.8) is 0 Å². The Morgan fingerprint density at radius 3 is 2.76 bits per heavy atom. The monoisotopic (exact) mass is 238 g/mol. The first-order valence-electron chi connectivity index (χ1n) is 6.19. The first-order chi connectivity index (χ1) is 8.21. The van der Waals surface area contributed by atoms with Gasteiger partial charge in [-0.15, -0.1) is 0 Å². The molecule has 1 saturated carbocycles. The molecular weight excluding hydrogens is 219 g/mol. The predicted molar refractivity (Wildman–Crippen MR) is 64.4 cm³/mol. The van der Waals surface area contributed by atoms with E-state index in [1.54, 1.807) is 0 Å². The Balaban J connectivity index is 1.81. The second-order valence-corrected chi connectivity index (χ2v) is 4.77. The summed E-state index contributed by atoms with van der Waals surface area (Å²) in [5, 5.41) is 9.67. The Bertz CT molecular complexity index is 341. The third-order valence-electron chi connectivity index (χ3n) is 3.37. The normalized spacial score (nSPS) is 29.2. The summed E-state index contributed by atoms with van der Waals surface area (Å²) in [7, 11) is 0. The average Bonchev–Trinajstić information content (AvgIpc) is 2.35. The standard InChI is InChI=1S/C14H19FO2/c15-14(9-5-4-8-13(14)16)11-17-10-12-6-2-1-3-7-12/h1-3,6-7,13,16H,4-5,8-11H2/t13-,14+/m0/s1. The zero-order valence-corrected chi connectivity index (χ0v) is 9.94. The largest absolute Gasteiger partial charge is 0.390 e. The van der Waals surface area contributed by atoms with Crippen LogP contribution in [0.3, 0.4) is 0 Å². The highest BCUT2D eigenvalue weighted by molar-refractivity contribution is 5.13. The van der Waals surface area contributed by atoms with E-state index in [4.69, 9.17) is 4.74 Å². The number of aliphatic hydroxyl groups excluding tert-OH is 1. The van der Waals surface area contributed by atoms with Gasteiger partial charge in [0.15, 0.2) is 5.67 Å². The van der Waals surface area contributed by atoms with Crippen molar-refractivity contribution in [3.05, 3.63) is 35.9 Å². The van der Waals surface area contributed by atoms with E-state index < -0.39 is 11.8 Å². The molecular formula is C14H19FO2. The number of halogens is 1. The van der Waals surface area contributed by atoms with E-state index in [0.717, 1.165) is 18.4 Å². The molecule has 3 heteroatoms. The second-order valence-electron chi connectivity index (χ2n) is 4.77. The molecule has 2 nitrogen and oxygen atoms in total. The molecule has 0 aromatic heterocycles. The molecule has 0 aliphatic heterocycles. The van der Waals surface area contributed by atoms with Crippen molar-refractivity contribution in [1.29, 1.82) is 0 Å². The minimum atomic E-state index is -1.55. The van der Waals surface area contributed by atoms with Gasteiger partial charge in [-0.1, -0.05) is 36.8 Å². The number of hydrogen-bond donors (Lipinski definition) is 1. The van der Waals surface area contributed by atoms with E-state index in [0.29, 0.717) is 19.4 Å². The van der Waals surface area contributed by atoms with Crippen LogP contribution in [0.25, 0.3) is 0 Å². The van der Waals surface area contributed by atoms with Crippen LogP contribution < -0.4 is 0 Å². The lowest BCUT2D eigenvalue weighted by molar-refractivity contribution is -0.0925. The quantitative estimate of drug-likeness (QED) is 0.874. The van der Waals surface area contributed by atoms with Crippen molar-refractivity contribution in [2.24, 2.45) is 0 Å². The van der Waals surface area contributed by atoms with Crippen LogP contribution in [0.2, 0.25) is 0 Å². The fourth-order valence-electron chi connectivity index (χ4n) is 2.26. The van der Waals surface area contributed by atoms with Gasteiger partial charge in [-0.2, -0.15) is 0 Å². The highest BCUT2D eigenvalue weighted by Gasteiger charge is 2.40. The van der Waals surface area contributed by atoms with Gasteiger partial charge in [0.2, 0.25) is 0 Å².